The Morgan fingerprint density at radius 2 is 1.91 bits per heavy atom. The van der Waals surface area contributed by atoms with Crippen molar-refractivity contribution >= 4 is 11.9 Å². The molecule has 1 amide bonds. The number of amidine groups is 1. The molecule has 22 heavy (non-hydrogen) atoms. The second kappa shape index (κ2) is 7.97. The number of likely N-dealkylation sites (tertiary alicyclic amines) is 1. The molecule has 0 atom stereocenters. The van der Waals surface area contributed by atoms with Gasteiger partial charge in [-0.25, -0.2) is 0 Å². The van der Waals surface area contributed by atoms with E-state index in [0.717, 1.165) is 43.8 Å². The first-order valence-corrected chi connectivity index (χ1v) is 8.17. The first kappa shape index (κ1) is 16.5. The van der Waals surface area contributed by atoms with Crippen LogP contribution in [0.2, 0.25) is 0 Å². The molecule has 0 saturated carbocycles. The molecule has 120 valence electrons. The van der Waals surface area contributed by atoms with Crippen LogP contribution in [0.15, 0.2) is 29.3 Å². The Kier molecular flexibility index (Phi) is 5.99. The van der Waals surface area contributed by atoms with Crippen LogP contribution in [0.3, 0.4) is 0 Å². The highest BCUT2D eigenvalue weighted by atomic mass is 16.5. The summed E-state index contributed by atoms with van der Waals surface area (Å²) in [6.07, 6.45) is 3.14. The topological polar surface area (TPSA) is 41.9 Å². The van der Waals surface area contributed by atoms with Crippen molar-refractivity contribution in [2.24, 2.45) is 10.9 Å². The molecule has 0 unspecified atom stereocenters. The number of piperidine rings is 1. The van der Waals surface area contributed by atoms with Crippen LogP contribution in [0.1, 0.15) is 49.0 Å². The summed E-state index contributed by atoms with van der Waals surface area (Å²) in [4.78, 5) is 18.7. The maximum absolute atomic E-state index is 12.3. The van der Waals surface area contributed by atoms with Crippen molar-refractivity contribution in [3.05, 3.63) is 35.4 Å². The summed E-state index contributed by atoms with van der Waals surface area (Å²) in [7, 11) is 0. The lowest BCUT2D eigenvalue weighted by Crippen LogP contribution is -2.40. The van der Waals surface area contributed by atoms with Gasteiger partial charge in [0.15, 0.2) is 0 Å². The van der Waals surface area contributed by atoms with E-state index < -0.39 is 0 Å². The van der Waals surface area contributed by atoms with E-state index in [1.807, 2.05) is 31.2 Å². The molecule has 2 rings (SSSR count). The monoisotopic (exact) mass is 302 g/mol. The Morgan fingerprint density at radius 1 is 1.27 bits per heavy atom. The van der Waals surface area contributed by atoms with Crippen molar-refractivity contribution in [1.82, 2.24) is 4.90 Å². The molecule has 1 aliphatic heterocycles. The number of carbonyl (C=O) groups is 1. The Hall–Kier alpha value is -1.84. The lowest BCUT2D eigenvalue weighted by Gasteiger charge is -2.31. The molecule has 4 heteroatoms. The standard InChI is InChI=1S/C18H26N2O2/c1-4-13-22-18(20-11-9-15(3)10-12-20)19-17(21)16-7-5-14(2)6-8-16/h5-8,15H,4,9-13H2,1-3H3. The first-order chi connectivity index (χ1) is 10.6. The molecule has 1 heterocycles. The van der Waals surface area contributed by atoms with Gasteiger partial charge in [-0.2, -0.15) is 4.99 Å². The normalized spacial score (nSPS) is 16.7. The summed E-state index contributed by atoms with van der Waals surface area (Å²) in [5.74, 6) is 0.501. The molecule has 1 aromatic rings. The number of amides is 1. The van der Waals surface area contributed by atoms with Crippen molar-refractivity contribution in [2.75, 3.05) is 19.7 Å². The fourth-order valence-electron chi connectivity index (χ4n) is 2.44. The predicted octanol–water partition coefficient (Wildman–Crippen LogP) is 3.65. The van der Waals surface area contributed by atoms with E-state index in [0.29, 0.717) is 18.2 Å². The summed E-state index contributed by atoms with van der Waals surface area (Å²) in [5, 5.41) is 0. The zero-order valence-corrected chi connectivity index (χ0v) is 13.8. The molecule has 0 radical (unpaired) electrons. The molecule has 0 spiro atoms. The maximum atomic E-state index is 12.3. The van der Waals surface area contributed by atoms with Crippen LogP contribution in [-0.4, -0.2) is 36.5 Å². The summed E-state index contributed by atoms with van der Waals surface area (Å²) < 4.78 is 5.74. The predicted molar refractivity (Wildman–Crippen MR) is 89.2 cm³/mol. The summed E-state index contributed by atoms with van der Waals surface area (Å²) in [5.41, 5.74) is 1.74. The first-order valence-electron chi connectivity index (χ1n) is 8.17. The molecule has 4 nitrogen and oxygen atoms in total. The van der Waals surface area contributed by atoms with Crippen molar-refractivity contribution < 1.29 is 9.53 Å². The lowest BCUT2D eigenvalue weighted by atomic mass is 10.00. The van der Waals surface area contributed by atoms with Gasteiger partial charge in [0.05, 0.1) is 6.61 Å². The molecule has 1 fully saturated rings. The highest BCUT2D eigenvalue weighted by Crippen LogP contribution is 2.17. The maximum Gasteiger partial charge on any atom is 0.295 e. The number of carbonyl (C=O) groups excluding carboxylic acids is 1. The Morgan fingerprint density at radius 3 is 2.50 bits per heavy atom. The highest BCUT2D eigenvalue weighted by Gasteiger charge is 2.21. The van der Waals surface area contributed by atoms with Crippen LogP contribution in [0.25, 0.3) is 0 Å². The zero-order chi connectivity index (χ0) is 15.9. The summed E-state index contributed by atoms with van der Waals surface area (Å²) in [6, 6.07) is 7.98. The van der Waals surface area contributed by atoms with E-state index >= 15 is 0 Å². The highest BCUT2D eigenvalue weighted by molar-refractivity contribution is 6.01. The van der Waals surface area contributed by atoms with Crippen LogP contribution >= 0.6 is 0 Å². The molecule has 0 bridgehead atoms. The second-order valence-corrected chi connectivity index (χ2v) is 6.08. The number of rotatable bonds is 3. The van der Waals surface area contributed by atoms with Crippen LogP contribution in [0.4, 0.5) is 0 Å². The third-order valence-corrected chi connectivity index (χ3v) is 3.99. The number of benzene rings is 1. The number of hydrogen-bond donors (Lipinski definition) is 0. The second-order valence-electron chi connectivity index (χ2n) is 6.08. The van der Waals surface area contributed by atoms with Crippen molar-refractivity contribution in [3.8, 4) is 0 Å². The largest absolute Gasteiger partial charge is 0.465 e. The van der Waals surface area contributed by atoms with E-state index in [1.54, 1.807) is 0 Å². The number of aryl methyl sites for hydroxylation is 1. The SMILES string of the molecule is CCCOC(=NC(=O)c1ccc(C)cc1)N1CCC(C)CC1. The lowest BCUT2D eigenvalue weighted by molar-refractivity contribution is 0.0991. The fourth-order valence-corrected chi connectivity index (χ4v) is 2.44. The molecule has 0 N–H and O–H groups in total. The number of nitrogens with zero attached hydrogens (tertiary/aromatic N) is 2. The minimum absolute atomic E-state index is 0.232. The van der Waals surface area contributed by atoms with Crippen molar-refractivity contribution in [2.45, 2.75) is 40.0 Å². The van der Waals surface area contributed by atoms with Crippen LogP contribution in [0, 0.1) is 12.8 Å². The molecule has 1 aromatic carbocycles. The van der Waals surface area contributed by atoms with E-state index in [1.165, 1.54) is 0 Å². The number of aliphatic imine (C=N–C) groups is 1. The van der Waals surface area contributed by atoms with E-state index in [9.17, 15) is 4.79 Å². The van der Waals surface area contributed by atoms with Gasteiger partial charge < -0.3 is 9.64 Å². The molecular weight excluding hydrogens is 276 g/mol. The van der Waals surface area contributed by atoms with Gasteiger partial charge in [0.2, 0.25) is 0 Å². The van der Waals surface area contributed by atoms with Gasteiger partial charge in [-0.1, -0.05) is 31.5 Å². The van der Waals surface area contributed by atoms with Gasteiger partial charge in [0.1, 0.15) is 0 Å². The molecule has 1 aliphatic rings. The van der Waals surface area contributed by atoms with Crippen LogP contribution in [0.5, 0.6) is 0 Å². The molecule has 1 saturated heterocycles. The van der Waals surface area contributed by atoms with Crippen molar-refractivity contribution in [3.63, 3.8) is 0 Å². The van der Waals surface area contributed by atoms with Crippen LogP contribution in [-0.2, 0) is 4.74 Å². The Bertz CT molecular complexity index is 514. The average molecular weight is 302 g/mol. The molecular formula is C18H26N2O2. The van der Waals surface area contributed by atoms with Gasteiger partial charge in [0, 0.05) is 18.7 Å². The van der Waals surface area contributed by atoms with Crippen molar-refractivity contribution in [1.29, 1.82) is 0 Å². The zero-order valence-electron chi connectivity index (χ0n) is 13.8. The summed E-state index contributed by atoms with van der Waals surface area (Å²) in [6.45, 7) is 8.72. The fraction of sp³-hybridized carbons (Fsp3) is 0.556. The van der Waals surface area contributed by atoms with E-state index in [2.05, 4.69) is 23.7 Å². The van der Waals surface area contributed by atoms with Gasteiger partial charge in [0.25, 0.3) is 11.9 Å². The van der Waals surface area contributed by atoms with Gasteiger partial charge in [-0.15, -0.1) is 0 Å². The number of ether oxygens (including phenoxy) is 1. The van der Waals surface area contributed by atoms with Gasteiger partial charge in [-0.05, 0) is 44.2 Å². The third kappa shape index (κ3) is 4.58. The minimum Gasteiger partial charge on any atom is -0.465 e. The van der Waals surface area contributed by atoms with Gasteiger partial charge >= 0.3 is 0 Å². The smallest absolute Gasteiger partial charge is 0.295 e. The van der Waals surface area contributed by atoms with E-state index in [-0.39, 0.29) is 5.91 Å². The van der Waals surface area contributed by atoms with Crippen LogP contribution < -0.4 is 0 Å². The van der Waals surface area contributed by atoms with E-state index in [4.69, 9.17) is 4.74 Å². The summed E-state index contributed by atoms with van der Waals surface area (Å²) >= 11 is 0. The number of hydrogen-bond acceptors (Lipinski definition) is 2. The Balaban J connectivity index is 2.12. The quantitative estimate of drug-likeness (QED) is 0.632. The third-order valence-electron chi connectivity index (χ3n) is 3.99. The molecule has 0 aliphatic carbocycles. The molecule has 0 aromatic heterocycles. The van der Waals surface area contributed by atoms with Gasteiger partial charge in [-0.3, -0.25) is 4.79 Å². The Labute approximate surface area is 133 Å². The average Bonchev–Trinajstić information content (AvgIpc) is 2.52. The minimum atomic E-state index is -0.232.